The fourth-order valence-corrected chi connectivity index (χ4v) is 6.30. The third kappa shape index (κ3) is 5.08. The van der Waals surface area contributed by atoms with Gasteiger partial charge in [-0.25, -0.2) is 0 Å². The van der Waals surface area contributed by atoms with E-state index in [0.717, 1.165) is 11.1 Å². The highest BCUT2D eigenvalue weighted by molar-refractivity contribution is 5.67. The summed E-state index contributed by atoms with van der Waals surface area (Å²) in [6, 6.07) is 0. The van der Waals surface area contributed by atoms with Crippen molar-refractivity contribution < 1.29 is 38.4 Å². The average molecular weight is 479 g/mol. The van der Waals surface area contributed by atoms with E-state index in [1.807, 2.05) is 26.0 Å². The van der Waals surface area contributed by atoms with Gasteiger partial charge in [0.1, 0.15) is 23.4 Å². The lowest BCUT2D eigenvalue weighted by molar-refractivity contribution is -0.201. The number of aliphatic hydroxyl groups is 1. The van der Waals surface area contributed by atoms with E-state index in [1.165, 1.54) is 20.8 Å². The first-order chi connectivity index (χ1) is 15.6. The second kappa shape index (κ2) is 9.46. The minimum Gasteiger partial charge on any atom is -0.459 e. The van der Waals surface area contributed by atoms with Gasteiger partial charge in [-0.15, -0.1) is 0 Å². The number of esters is 3. The van der Waals surface area contributed by atoms with Gasteiger partial charge >= 0.3 is 17.9 Å². The predicted molar refractivity (Wildman–Crippen MR) is 123 cm³/mol. The first-order valence-corrected chi connectivity index (χ1v) is 11.9. The predicted octanol–water partition coefficient (Wildman–Crippen LogP) is 3.26. The van der Waals surface area contributed by atoms with E-state index in [-0.39, 0.29) is 17.9 Å². The summed E-state index contributed by atoms with van der Waals surface area (Å²) in [7, 11) is 0. The largest absolute Gasteiger partial charge is 0.459 e. The van der Waals surface area contributed by atoms with Crippen LogP contribution < -0.4 is 0 Å². The van der Waals surface area contributed by atoms with E-state index in [1.54, 1.807) is 20.8 Å². The van der Waals surface area contributed by atoms with Crippen molar-refractivity contribution in [2.75, 3.05) is 0 Å². The van der Waals surface area contributed by atoms with Gasteiger partial charge in [0.05, 0.1) is 12.2 Å². The number of carbonyl (C=O) groups is 3. The molecule has 0 amide bonds. The molecule has 8 unspecified atom stereocenters. The Morgan fingerprint density at radius 1 is 1.09 bits per heavy atom. The van der Waals surface area contributed by atoms with Crippen LogP contribution >= 0.6 is 0 Å². The second-order valence-electron chi connectivity index (χ2n) is 10.7. The molecule has 1 N–H and O–H groups in total. The van der Waals surface area contributed by atoms with E-state index < -0.39 is 53.3 Å². The van der Waals surface area contributed by atoms with E-state index in [9.17, 15) is 19.5 Å². The number of carbonyl (C=O) groups excluding carboxylic acids is 3. The molecule has 34 heavy (non-hydrogen) atoms. The molecule has 0 spiro atoms. The van der Waals surface area contributed by atoms with Crippen LogP contribution in [0, 0.1) is 17.8 Å². The van der Waals surface area contributed by atoms with Crippen LogP contribution in [0.1, 0.15) is 68.2 Å². The van der Waals surface area contributed by atoms with Crippen molar-refractivity contribution in [3.05, 3.63) is 23.3 Å². The Labute approximate surface area is 201 Å². The maximum Gasteiger partial charge on any atom is 0.303 e. The quantitative estimate of drug-likeness (QED) is 0.373. The lowest BCUT2D eigenvalue weighted by atomic mass is 9.60. The van der Waals surface area contributed by atoms with Crippen molar-refractivity contribution >= 4 is 17.9 Å². The Kier molecular flexibility index (Phi) is 7.35. The van der Waals surface area contributed by atoms with Gasteiger partial charge in [0.25, 0.3) is 0 Å². The first kappa shape index (κ1) is 26.4. The summed E-state index contributed by atoms with van der Waals surface area (Å²) in [4.78, 5) is 36.0. The zero-order chi connectivity index (χ0) is 25.6. The molecule has 3 aliphatic rings. The first-order valence-electron chi connectivity index (χ1n) is 11.9. The molecule has 190 valence electrons. The molecule has 1 aliphatic carbocycles. The number of hydrogen-bond donors (Lipinski definition) is 1. The van der Waals surface area contributed by atoms with Gasteiger partial charge in [0.2, 0.25) is 0 Å². The molecule has 0 saturated carbocycles. The number of ether oxygens (including phenoxy) is 4. The summed E-state index contributed by atoms with van der Waals surface area (Å²) in [6.45, 7) is 13.2. The summed E-state index contributed by atoms with van der Waals surface area (Å²) in [5, 5.41) is 11.9. The zero-order valence-electron chi connectivity index (χ0n) is 21.4. The van der Waals surface area contributed by atoms with Crippen LogP contribution in [0.2, 0.25) is 0 Å². The van der Waals surface area contributed by atoms with Crippen molar-refractivity contribution in [1.82, 2.24) is 0 Å². The molecule has 2 aliphatic heterocycles. The SMILES string of the molecule is CC(=O)OC1C=C(C)C2C3CC(C)=CCC(OC(C)=O)C(C)(O)C(O3)C2C1C(C)(C)OC(C)=O. The Morgan fingerprint density at radius 3 is 2.26 bits per heavy atom. The van der Waals surface area contributed by atoms with E-state index in [0.29, 0.717) is 12.8 Å². The summed E-state index contributed by atoms with van der Waals surface area (Å²) in [5.41, 5.74) is -0.519. The molecule has 0 aromatic rings. The van der Waals surface area contributed by atoms with Gasteiger partial charge in [-0.05, 0) is 47.1 Å². The molecule has 8 heteroatoms. The third-order valence-corrected chi connectivity index (χ3v) is 7.46. The van der Waals surface area contributed by atoms with Crippen LogP contribution in [-0.4, -0.2) is 58.6 Å². The summed E-state index contributed by atoms with van der Waals surface area (Å²) >= 11 is 0. The normalized spacial score (nSPS) is 37.7. The van der Waals surface area contributed by atoms with Crippen LogP contribution in [0.15, 0.2) is 23.3 Å². The van der Waals surface area contributed by atoms with Crippen molar-refractivity contribution in [3.8, 4) is 0 Å². The minimum atomic E-state index is -1.55. The summed E-state index contributed by atoms with van der Waals surface area (Å²) in [6.07, 6.45) is 2.39. The number of hydrogen-bond acceptors (Lipinski definition) is 8. The molecular formula is C26H38O8. The van der Waals surface area contributed by atoms with E-state index in [2.05, 4.69) is 0 Å². The Hall–Kier alpha value is -2.19. The molecule has 8 atom stereocenters. The fraction of sp³-hybridized carbons (Fsp3) is 0.731. The summed E-state index contributed by atoms with van der Waals surface area (Å²) < 4.78 is 23.6. The van der Waals surface area contributed by atoms with Gasteiger partial charge < -0.3 is 24.1 Å². The standard InChI is InChI=1S/C26H38O8/c1-13-9-10-20(32-16(4)28)26(8,30)24-22-21(18(11-13)33-24)14(2)12-19(31-15(3)27)23(22)25(6,7)34-17(5)29/h9,12,18-24,30H,10-11H2,1-8H3. The Morgan fingerprint density at radius 2 is 1.71 bits per heavy atom. The second-order valence-corrected chi connectivity index (χ2v) is 10.7. The zero-order valence-corrected chi connectivity index (χ0v) is 21.4. The average Bonchev–Trinajstić information content (AvgIpc) is 3.03. The minimum absolute atomic E-state index is 0.109. The number of rotatable bonds is 4. The number of fused-ring (bicyclic) bond motifs is 5. The fourth-order valence-electron chi connectivity index (χ4n) is 6.30. The van der Waals surface area contributed by atoms with Crippen LogP contribution in [-0.2, 0) is 33.3 Å². The molecule has 1 fully saturated rings. The van der Waals surface area contributed by atoms with Crippen LogP contribution in [0.25, 0.3) is 0 Å². The van der Waals surface area contributed by atoms with Crippen molar-refractivity contribution in [1.29, 1.82) is 0 Å². The van der Waals surface area contributed by atoms with Crippen LogP contribution in [0.3, 0.4) is 0 Å². The molecule has 3 rings (SSSR count). The maximum atomic E-state index is 12.0. The topological polar surface area (TPSA) is 108 Å². The molecule has 0 aromatic heterocycles. The molecular weight excluding hydrogens is 440 g/mol. The van der Waals surface area contributed by atoms with Crippen molar-refractivity contribution in [2.45, 2.75) is 104 Å². The van der Waals surface area contributed by atoms with Crippen LogP contribution in [0.5, 0.6) is 0 Å². The molecule has 1 saturated heterocycles. The molecule has 0 aromatic carbocycles. The molecule has 2 heterocycles. The Balaban J connectivity index is 2.19. The van der Waals surface area contributed by atoms with Gasteiger partial charge in [-0.2, -0.15) is 0 Å². The van der Waals surface area contributed by atoms with Crippen molar-refractivity contribution in [3.63, 3.8) is 0 Å². The van der Waals surface area contributed by atoms with E-state index >= 15 is 0 Å². The highest BCUT2D eigenvalue weighted by Gasteiger charge is 2.63. The van der Waals surface area contributed by atoms with Gasteiger partial charge in [0, 0.05) is 44.9 Å². The van der Waals surface area contributed by atoms with Crippen LogP contribution in [0.4, 0.5) is 0 Å². The molecule has 8 nitrogen and oxygen atoms in total. The summed E-state index contributed by atoms with van der Waals surface area (Å²) in [5.74, 6) is -2.37. The van der Waals surface area contributed by atoms with Gasteiger partial charge in [0.15, 0.2) is 0 Å². The molecule has 0 radical (unpaired) electrons. The lowest BCUT2D eigenvalue weighted by Crippen LogP contribution is -2.60. The maximum absolute atomic E-state index is 12.0. The van der Waals surface area contributed by atoms with Gasteiger partial charge in [-0.1, -0.05) is 17.2 Å². The third-order valence-electron chi connectivity index (χ3n) is 7.46. The lowest BCUT2D eigenvalue weighted by Gasteiger charge is -2.49. The smallest absolute Gasteiger partial charge is 0.303 e. The Bertz CT molecular complexity index is 898. The highest BCUT2D eigenvalue weighted by Crippen LogP contribution is 2.55. The van der Waals surface area contributed by atoms with E-state index in [4.69, 9.17) is 18.9 Å². The van der Waals surface area contributed by atoms with Gasteiger partial charge in [-0.3, -0.25) is 14.4 Å². The highest BCUT2D eigenvalue weighted by atomic mass is 16.6. The monoisotopic (exact) mass is 478 g/mol. The molecule has 2 bridgehead atoms. The van der Waals surface area contributed by atoms with Crippen molar-refractivity contribution in [2.24, 2.45) is 17.8 Å².